The quantitative estimate of drug-likeness (QED) is 0.427. The molecule has 0 aromatic heterocycles. The van der Waals surface area contributed by atoms with Gasteiger partial charge in [-0.25, -0.2) is 0 Å². The van der Waals surface area contributed by atoms with Crippen LogP contribution in [0.25, 0.3) is 0 Å². The van der Waals surface area contributed by atoms with Gasteiger partial charge in [0.15, 0.2) is 0 Å². The zero-order valence-corrected chi connectivity index (χ0v) is 12.9. The molecule has 104 valence electrons. The Hall–Kier alpha value is -1.59. The number of nitro groups is 1. The predicted molar refractivity (Wildman–Crippen MR) is 82.0 cm³/mol. The molecule has 0 saturated heterocycles. The molecule has 2 aromatic rings. The molecule has 0 aliphatic rings. The van der Waals surface area contributed by atoms with Gasteiger partial charge in [0, 0.05) is 17.0 Å². The minimum absolute atomic E-state index is 0.0783. The van der Waals surface area contributed by atoms with Crippen molar-refractivity contribution in [3.05, 3.63) is 62.7 Å². The van der Waals surface area contributed by atoms with Crippen LogP contribution >= 0.6 is 27.5 Å². The van der Waals surface area contributed by atoms with Crippen LogP contribution in [0.15, 0.2) is 36.4 Å². The van der Waals surface area contributed by atoms with E-state index in [2.05, 4.69) is 15.9 Å². The van der Waals surface area contributed by atoms with Crippen LogP contribution in [-0.2, 0) is 5.33 Å². The molecule has 0 amide bonds. The summed E-state index contributed by atoms with van der Waals surface area (Å²) in [5, 5.41) is 12.0. The van der Waals surface area contributed by atoms with E-state index < -0.39 is 4.92 Å². The number of alkyl halides is 1. The molecule has 0 aliphatic carbocycles. The summed E-state index contributed by atoms with van der Waals surface area (Å²) >= 11 is 9.45. The van der Waals surface area contributed by atoms with Crippen molar-refractivity contribution >= 4 is 33.2 Å². The number of ether oxygens (including phenoxy) is 1. The monoisotopic (exact) mass is 355 g/mol. The Bertz CT molecular complexity index is 661. The Morgan fingerprint density at radius 1 is 1.35 bits per heavy atom. The van der Waals surface area contributed by atoms with Crippen LogP contribution in [0.2, 0.25) is 5.02 Å². The molecule has 2 rings (SSSR count). The molecule has 6 heteroatoms. The first-order valence-electron chi connectivity index (χ1n) is 5.79. The summed E-state index contributed by atoms with van der Waals surface area (Å²) in [5.74, 6) is 0.605. The van der Waals surface area contributed by atoms with Gasteiger partial charge in [0.25, 0.3) is 0 Å². The van der Waals surface area contributed by atoms with Crippen LogP contribution in [0.5, 0.6) is 11.5 Å². The Kier molecular flexibility index (Phi) is 4.62. The number of halogens is 2. The minimum atomic E-state index is -0.465. The summed E-state index contributed by atoms with van der Waals surface area (Å²) in [4.78, 5) is 10.6. The van der Waals surface area contributed by atoms with Crippen LogP contribution in [0.1, 0.15) is 11.1 Å². The van der Waals surface area contributed by atoms with Gasteiger partial charge in [-0.05, 0) is 24.6 Å². The van der Waals surface area contributed by atoms with Gasteiger partial charge < -0.3 is 4.74 Å². The van der Waals surface area contributed by atoms with Crippen molar-refractivity contribution in [1.29, 1.82) is 0 Å². The third-order valence-electron chi connectivity index (χ3n) is 2.72. The fourth-order valence-corrected chi connectivity index (χ4v) is 2.41. The lowest BCUT2D eigenvalue weighted by atomic mass is 10.2. The number of nitrogens with zero attached hydrogens (tertiary/aromatic N) is 1. The highest BCUT2D eigenvalue weighted by atomic mass is 79.9. The number of nitro benzene ring substituents is 1. The van der Waals surface area contributed by atoms with Crippen LogP contribution in [0.3, 0.4) is 0 Å². The van der Waals surface area contributed by atoms with Crippen LogP contribution < -0.4 is 4.74 Å². The van der Waals surface area contributed by atoms with E-state index in [1.165, 1.54) is 6.07 Å². The summed E-state index contributed by atoms with van der Waals surface area (Å²) in [6.07, 6.45) is 0. The number of rotatable bonds is 4. The smallest absolute Gasteiger partial charge is 0.311 e. The van der Waals surface area contributed by atoms with E-state index in [-0.39, 0.29) is 11.4 Å². The van der Waals surface area contributed by atoms with Crippen molar-refractivity contribution in [1.82, 2.24) is 0 Å². The fraction of sp³-hybridized carbons (Fsp3) is 0.143. The molecule has 0 unspecified atom stereocenters. The highest BCUT2D eigenvalue weighted by molar-refractivity contribution is 9.08. The number of hydrogen-bond acceptors (Lipinski definition) is 3. The molecule has 0 saturated carbocycles. The summed E-state index contributed by atoms with van der Waals surface area (Å²) < 4.78 is 5.68. The number of benzene rings is 2. The zero-order chi connectivity index (χ0) is 14.7. The molecule has 0 spiro atoms. The lowest BCUT2D eigenvalue weighted by Crippen LogP contribution is -1.96. The van der Waals surface area contributed by atoms with Gasteiger partial charge in [-0.3, -0.25) is 10.1 Å². The summed E-state index contributed by atoms with van der Waals surface area (Å²) in [7, 11) is 0. The Morgan fingerprint density at radius 2 is 2.10 bits per heavy atom. The highest BCUT2D eigenvalue weighted by Gasteiger charge is 2.18. The zero-order valence-electron chi connectivity index (χ0n) is 10.6. The topological polar surface area (TPSA) is 52.4 Å². The Balaban J connectivity index is 2.48. The van der Waals surface area contributed by atoms with Gasteiger partial charge in [0.2, 0.25) is 5.75 Å². The lowest BCUT2D eigenvalue weighted by molar-refractivity contribution is -0.385. The first-order chi connectivity index (χ1) is 9.52. The molecule has 0 heterocycles. The molecular formula is C14H11BrClNO3. The van der Waals surface area contributed by atoms with Gasteiger partial charge in [-0.2, -0.15) is 0 Å². The summed E-state index contributed by atoms with van der Waals surface area (Å²) in [6, 6.07) is 10.1. The second-order valence-corrected chi connectivity index (χ2v) is 5.16. The summed E-state index contributed by atoms with van der Waals surface area (Å²) in [5.41, 5.74) is 1.54. The number of hydrogen-bond donors (Lipinski definition) is 0. The summed E-state index contributed by atoms with van der Waals surface area (Å²) in [6.45, 7) is 1.79. The molecule has 4 nitrogen and oxygen atoms in total. The van der Waals surface area contributed by atoms with E-state index in [1.807, 2.05) is 6.07 Å². The Morgan fingerprint density at radius 3 is 2.75 bits per heavy atom. The maximum Gasteiger partial charge on any atom is 0.311 e. The molecule has 0 fully saturated rings. The third-order valence-corrected chi connectivity index (χ3v) is 3.62. The second kappa shape index (κ2) is 6.24. The molecule has 20 heavy (non-hydrogen) atoms. The van der Waals surface area contributed by atoms with Crippen molar-refractivity contribution < 1.29 is 9.66 Å². The van der Waals surface area contributed by atoms with E-state index in [0.717, 1.165) is 11.1 Å². The second-order valence-electron chi connectivity index (χ2n) is 4.19. The standard InChI is InChI=1S/C14H11BrClNO3/c1-9-5-6-13(12(7-9)17(18)19)20-14-10(8-15)3-2-4-11(14)16/h2-7H,8H2,1H3. The van der Waals surface area contributed by atoms with Crippen molar-refractivity contribution in [2.45, 2.75) is 12.3 Å². The predicted octanol–water partition coefficient (Wildman–Crippen LogP) is 5.24. The van der Waals surface area contributed by atoms with Crippen molar-refractivity contribution in [3.8, 4) is 11.5 Å². The molecule has 0 bridgehead atoms. The maximum atomic E-state index is 11.1. The van der Waals surface area contributed by atoms with Crippen LogP contribution in [0.4, 0.5) is 5.69 Å². The Labute approximate surface area is 129 Å². The lowest BCUT2D eigenvalue weighted by Gasteiger charge is -2.11. The first kappa shape index (κ1) is 14.8. The van der Waals surface area contributed by atoms with E-state index in [9.17, 15) is 10.1 Å². The average molecular weight is 357 g/mol. The van der Waals surface area contributed by atoms with Gasteiger partial charge in [0.1, 0.15) is 5.75 Å². The van der Waals surface area contributed by atoms with E-state index in [0.29, 0.717) is 16.1 Å². The SMILES string of the molecule is Cc1ccc(Oc2c(Cl)cccc2CBr)c([N+](=O)[O-])c1. The van der Waals surface area contributed by atoms with E-state index >= 15 is 0 Å². The molecule has 0 N–H and O–H groups in total. The first-order valence-corrected chi connectivity index (χ1v) is 7.29. The highest BCUT2D eigenvalue weighted by Crippen LogP contribution is 2.38. The van der Waals surface area contributed by atoms with Crippen molar-refractivity contribution in [2.24, 2.45) is 0 Å². The van der Waals surface area contributed by atoms with Gasteiger partial charge in [0.05, 0.1) is 9.95 Å². The van der Waals surface area contributed by atoms with Crippen LogP contribution in [-0.4, -0.2) is 4.92 Å². The van der Waals surface area contributed by atoms with Gasteiger partial charge in [-0.1, -0.05) is 45.7 Å². The largest absolute Gasteiger partial charge is 0.448 e. The minimum Gasteiger partial charge on any atom is -0.448 e. The van der Waals surface area contributed by atoms with Crippen molar-refractivity contribution in [2.75, 3.05) is 0 Å². The molecule has 0 atom stereocenters. The normalized spacial score (nSPS) is 10.3. The fourth-order valence-electron chi connectivity index (χ4n) is 1.74. The molecule has 2 aromatic carbocycles. The molecular weight excluding hydrogens is 346 g/mol. The van der Waals surface area contributed by atoms with Crippen LogP contribution in [0, 0.1) is 17.0 Å². The maximum absolute atomic E-state index is 11.1. The number of para-hydroxylation sites is 1. The van der Waals surface area contributed by atoms with Gasteiger partial charge >= 0.3 is 5.69 Å². The molecule has 0 radical (unpaired) electrons. The van der Waals surface area contributed by atoms with E-state index in [1.54, 1.807) is 31.2 Å². The average Bonchev–Trinajstić information content (AvgIpc) is 2.42. The third kappa shape index (κ3) is 3.11. The molecule has 0 aliphatic heterocycles. The van der Waals surface area contributed by atoms with E-state index in [4.69, 9.17) is 16.3 Å². The number of aryl methyl sites for hydroxylation is 1. The van der Waals surface area contributed by atoms with Crippen molar-refractivity contribution in [3.63, 3.8) is 0 Å². The van der Waals surface area contributed by atoms with Gasteiger partial charge in [-0.15, -0.1) is 0 Å².